The molecule has 1 unspecified atom stereocenters. The molecule has 4 rings (SSSR count). The van der Waals surface area contributed by atoms with Gasteiger partial charge in [-0.25, -0.2) is 13.1 Å². The van der Waals surface area contributed by atoms with Crippen LogP contribution >= 0.6 is 0 Å². The van der Waals surface area contributed by atoms with Crippen LogP contribution in [0.4, 0.5) is 0 Å². The van der Waals surface area contributed by atoms with Crippen LogP contribution in [0.1, 0.15) is 18.1 Å². The number of likely N-dealkylation sites (N-methyl/N-ethyl adjacent to an activating group) is 1. The number of hydrogen-bond donors (Lipinski definition) is 1. The van der Waals surface area contributed by atoms with Gasteiger partial charge >= 0.3 is 0 Å². The number of ether oxygens (including phenoxy) is 1. The van der Waals surface area contributed by atoms with Crippen molar-refractivity contribution >= 4 is 32.6 Å². The van der Waals surface area contributed by atoms with Crippen molar-refractivity contribution in [3.05, 3.63) is 96.3 Å². The summed E-state index contributed by atoms with van der Waals surface area (Å²) < 4.78 is 35.4. The molecule has 2 amide bonds. The molecule has 0 aliphatic heterocycles. The molecule has 3 aromatic carbocycles. The van der Waals surface area contributed by atoms with E-state index in [1.807, 2.05) is 48.5 Å². The Labute approximate surface area is 228 Å². The van der Waals surface area contributed by atoms with Gasteiger partial charge in [0.1, 0.15) is 5.92 Å². The number of aromatic nitrogens is 2. The van der Waals surface area contributed by atoms with Crippen molar-refractivity contribution in [2.45, 2.75) is 24.8 Å². The first kappa shape index (κ1) is 28.0. The number of sulfonamides is 1. The van der Waals surface area contributed by atoms with E-state index in [0.717, 1.165) is 16.3 Å². The number of amides is 2. The lowest BCUT2D eigenvalue weighted by atomic mass is 9.99. The van der Waals surface area contributed by atoms with Gasteiger partial charge in [0.05, 0.1) is 24.2 Å². The zero-order chi connectivity index (χ0) is 27.8. The molecule has 0 radical (unpaired) electrons. The molecule has 1 aromatic heterocycles. The Morgan fingerprint density at radius 3 is 2.44 bits per heavy atom. The minimum atomic E-state index is -4.22. The molecule has 1 atom stereocenters. The maximum absolute atomic E-state index is 13.5. The van der Waals surface area contributed by atoms with Gasteiger partial charge in [-0.05, 0) is 47.4 Å². The molecule has 1 N–H and O–H groups in total. The van der Waals surface area contributed by atoms with Crippen LogP contribution in [-0.2, 0) is 37.3 Å². The van der Waals surface area contributed by atoms with Crippen LogP contribution < -0.4 is 4.72 Å². The maximum Gasteiger partial charge on any atom is 0.264 e. The number of carbonyl (C=O) groups is 2. The van der Waals surface area contributed by atoms with Gasteiger partial charge in [-0.3, -0.25) is 14.3 Å². The number of carbonyl (C=O) groups excluding carboxylic acids is 2. The number of nitrogens with one attached hydrogen (secondary N) is 1. The first-order chi connectivity index (χ1) is 18.8. The number of rotatable bonds is 12. The van der Waals surface area contributed by atoms with E-state index < -0.39 is 27.8 Å². The van der Waals surface area contributed by atoms with Gasteiger partial charge in [-0.15, -0.1) is 0 Å². The summed E-state index contributed by atoms with van der Waals surface area (Å²) in [6.07, 6.45) is 3.36. The summed E-state index contributed by atoms with van der Waals surface area (Å²) in [6.45, 7) is 3.23. The molecule has 0 spiro atoms. The Morgan fingerprint density at radius 2 is 1.72 bits per heavy atom. The third-order valence-corrected chi connectivity index (χ3v) is 7.80. The fourth-order valence-corrected chi connectivity index (χ4v) is 5.39. The third kappa shape index (κ3) is 7.10. The summed E-state index contributed by atoms with van der Waals surface area (Å²) in [5, 5.41) is 5.97. The van der Waals surface area contributed by atoms with Gasteiger partial charge in [0, 0.05) is 26.4 Å². The number of nitrogens with zero attached hydrogens (tertiary/aromatic N) is 3. The fraction of sp³-hybridized carbons (Fsp3) is 0.276. The SMILES string of the molecule is CCN(CCOC)C(=O)C(Cc1cnn(Cc2ccccc2)c1)C(=O)NS(=O)(=O)c1ccc2ccccc2c1. The van der Waals surface area contributed by atoms with E-state index in [0.29, 0.717) is 18.7 Å². The highest BCUT2D eigenvalue weighted by Crippen LogP contribution is 2.20. The summed E-state index contributed by atoms with van der Waals surface area (Å²) in [4.78, 5) is 28.4. The van der Waals surface area contributed by atoms with Crippen LogP contribution in [0, 0.1) is 5.92 Å². The van der Waals surface area contributed by atoms with Crippen molar-refractivity contribution < 1.29 is 22.7 Å². The number of fused-ring (bicyclic) bond motifs is 1. The lowest BCUT2D eigenvalue weighted by Crippen LogP contribution is -2.47. The Kier molecular flexibility index (Phi) is 9.11. The number of hydrogen-bond acceptors (Lipinski definition) is 6. The smallest absolute Gasteiger partial charge is 0.264 e. The van der Waals surface area contributed by atoms with Gasteiger partial charge in [0.15, 0.2) is 0 Å². The molecular weight excluding hydrogens is 516 g/mol. The minimum absolute atomic E-state index is 0.00379. The summed E-state index contributed by atoms with van der Waals surface area (Å²) >= 11 is 0. The van der Waals surface area contributed by atoms with Crippen molar-refractivity contribution in [2.24, 2.45) is 5.92 Å². The largest absolute Gasteiger partial charge is 0.383 e. The van der Waals surface area contributed by atoms with Crippen LogP contribution in [0.5, 0.6) is 0 Å². The van der Waals surface area contributed by atoms with Crippen LogP contribution in [0.2, 0.25) is 0 Å². The first-order valence-corrected chi connectivity index (χ1v) is 14.2. The molecule has 1 heterocycles. The predicted octanol–water partition coefficient (Wildman–Crippen LogP) is 3.24. The lowest BCUT2D eigenvalue weighted by molar-refractivity contribution is -0.141. The van der Waals surface area contributed by atoms with E-state index >= 15 is 0 Å². The average molecular weight is 549 g/mol. The fourth-order valence-electron chi connectivity index (χ4n) is 4.34. The molecule has 10 heteroatoms. The van der Waals surface area contributed by atoms with Crippen molar-refractivity contribution in [1.29, 1.82) is 0 Å². The molecule has 204 valence electrons. The lowest BCUT2D eigenvalue weighted by Gasteiger charge is -2.25. The average Bonchev–Trinajstić information content (AvgIpc) is 3.38. The molecular formula is C29H32N4O5S. The number of methoxy groups -OCH3 is 1. The Hall–Kier alpha value is -4.02. The summed E-state index contributed by atoms with van der Waals surface area (Å²) in [5.41, 5.74) is 1.70. The van der Waals surface area contributed by atoms with Gasteiger partial charge in [-0.2, -0.15) is 5.10 Å². The first-order valence-electron chi connectivity index (χ1n) is 12.7. The van der Waals surface area contributed by atoms with E-state index in [1.165, 1.54) is 24.1 Å². The van der Waals surface area contributed by atoms with E-state index in [-0.39, 0.29) is 24.5 Å². The predicted molar refractivity (Wildman–Crippen MR) is 148 cm³/mol. The topological polar surface area (TPSA) is 111 Å². The van der Waals surface area contributed by atoms with Crippen molar-refractivity contribution in [1.82, 2.24) is 19.4 Å². The molecule has 0 fully saturated rings. The van der Waals surface area contributed by atoms with Gasteiger partial charge in [0.25, 0.3) is 10.0 Å². The molecule has 0 saturated heterocycles. The molecule has 0 bridgehead atoms. The Balaban J connectivity index is 1.57. The second-order valence-electron chi connectivity index (χ2n) is 9.18. The highest BCUT2D eigenvalue weighted by atomic mass is 32.2. The maximum atomic E-state index is 13.5. The Morgan fingerprint density at radius 1 is 1.00 bits per heavy atom. The molecule has 0 saturated carbocycles. The molecule has 39 heavy (non-hydrogen) atoms. The zero-order valence-corrected chi connectivity index (χ0v) is 22.8. The molecule has 4 aromatic rings. The van der Waals surface area contributed by atoms with Crippen LogP contribution in [0.3, 0.4) is 0 Å². The molecule has 0 aliphatic rings. The summed E-state index contributed by atoms with van der Waals surface area (Å²) in [6, 6.07) is 21.7. The zero-order valence-electron chi connectivity index (χ0n) is 22.0. The summed E-state index contributed by atoms with van der Waals surface area (Å²) in [7, 11) is -2.69. The van der Waals surface area contributed by atoms with E-state index in [1.54, 1.807) is 36.1 Å². The van der Waals surface area contributed by atoms with Gasteiger partial charge in [-0.1, -0.05) is 60.7 Å². The van der Waals surface area contributed by atoms with E-state index in [4.69, 9.17) is 4.74 Å². The molecule has 9 nitrogen and oxygen atoms in total. The minimum Gasteiger partial charge on any atom is -0.383 e. The third-order valence-electron chi connectivity index (χ3n) is 6.45. The van der Waals surface area contributed by atoms with Crippen molar-refractivity contribution in [3.8, 4) is 0 Å². The second kappa shape index (κ2) is 12.7. The highest BCUT2D eigenvalue weighted by molar-refractivity contribution is 7.90. The second-order valence-corrected chi connectivity index (χ2v) is 10.9. The van der Waals surface area contributed by atoms with Crippen LogP contribution in [0.25, 0.3) is 10.8 Å². The highest BCUT2D eigenvalue weighted by Gasteiger charge is 2.33. The summed E-state index contributed by atoms with van der Waals surface area (Å²) in [5.74, 6) is -2.64. The molecule has 0 aliphatic carbocycles. The van der Waals surface area contributed by atoms with Crippen LogP contribution in [0.15, 0.2) is 90.1 Å². The normalized spacial score (nSPS) is 12.3. The Bertz CT molecular complexity index is 1540. The van der Waals surface area contributed by atoms with E-state index in [2.05, 4.69) is 9.82 Å². The monoisotopic (exact) mass is 548 g/mol. The standard InChI is InChI=1S/C29H32N4O5S/c1-3-32(15-16-38-2)29(35)27(17-23-19-30-33(21-23)20-22-9-5-4-6-10-22)28(34)31-39(36,37)26-14-13-24-11-7-8-12-25(24)18-26/h4-14,18-19,21,27H,3,15-17,20H2,1-2H3,(H,31,34). The van der Waals surface area contributed by atoms with Crippen LogP contribution in [-0.4, -0.2) is 61.7 Å². The van der Waals surface area contributed by atoms with Gasteiger partial charge < -0.3 is 9.64 Å². The quantitative estimate of drug-likeness (QED) is 0.272. The van der Waals surface area contributed by atoms with Crippen molar-refractivity contribution in [3.63, 3.8) is 0 Å². The van der Waals surface area contributed by atoms with E-state index in [9.17, 15) is 18.0 Å². The number of benzene rings is 3. The van der Waals surface area contributed by atoms with Crippen molar-refractivity contribution in [2.75, 3.05) is 26.8 Å². The van der Waals surface area contributed by atoms with Gasteiger partial charge in [0.2, 0.25) is 11.8 Å².